The number of fused-ring (bicyclic) bond motifs is 1. The molecule has 1 amide bonds. The molecule has 0 radical (unpaired) electrons. The molecule has 0 saturated heterocycles. The second-order valence-electron chi connectivity index (χ2n) is 5.92. The van der Waals surface area contributed by atoms with Crippen LogP contribution < -0.4 is 5.32 Å². The van der Waals surface area contributed by atoms with Crippen molar-refractivity contribution in [3.8, 4) is 0 Å². The second kappa shape index (κ2) is 6.95. The predicted molar refractivity (Wildman–Crippen MR) is 94.8 cm³/mol. The minimum Gasteiger partial charge on any atom is -0.322 e. The van der Waals surface area contributed by atoms with Gasteiger partial charge in [0.2, 0.25) is 0 Å². The van der Waals surface area contributed by atoms with Crippen LogP contribution in [0.2, 0.25) is 0 Å². The first-order valence-corrected chi connectivity index (χ1v) is 9.42. The van der Waals surface area contributed by atoms with E-state index in [4.69, 9.17) is 4.84 Å². The maximum Gasteiger partial charge on any atom is 0.264 e. The van der Waals surface area contributed by atoms with Crippen LogP contribution in [0.1, 0.15) is 27.9 Å². The number of hydroxylamine groups is 1. The number of rotatable bonds is 5. The highest BCUT2D eigenvalue weighted by Crippen LogP contribution is 2.25. The summed E-state index contributed by atoms with van der Waals surface area (Å²) >= 11 is 0. The zero-order valence-corrected chi connectivity index (χ0v) is 15.0. The Balaban J connectivity index is 1.82. The van der Waals surface area contributed by atoms with E-state index in [1.807, 2.05) is 18.2 Å². The van der Waals surface area contributed by atoms with Crippen LogP contribution in [0.5, 0.6) is 0 Å². The molecule has 25 heavy (non-hydrogen) atoms. The van der Waals surface area contributed by atoms with Gasteiger partial charge >= 0.3 is 0 Å². The van der Waals surface area contributed by atoms with E-state index in [1.54, 1.807) is 6.07 Å². The summed E-state index contributed by atoms with van der Waals surface area (Å²) in [6.45, 7) is 0. The smallest absolute Gasteiger partial charge is 0.264 e. The van der Waals surface area contributed by atoms with Gasteiger partial charge in [0.1, 0.15) is 0 Å². The molecule has 3 rings (SSSR count). The maximum absolute atomic E-state index is 12.5. The highest BCUT2D eigenvalue weighted by molar-refractivity contribution is 7.89. The van der Waals surface area contributed by atoms with E-state index in [0.717, 1.165) is 23.7 Å². The summed E-state index contributed by atoms with van der Waals surface area (Å²) in [6.07, 6.45) is 3.24. The van der Waals surface area contributed by atoms with Crippen molar-refractivity contribution in [3.05, 3.63) is 59.2 Å². The average molecular weight is 360 g/mol. The molecule has 0 unspecified atom stereocenters. The van der Waals surface area contributed by atoms with Gasteiger partial charge in [-0.1, -0.05) is 16.6 Å². The van der Waals surface area contributed by atoms with E-state index in [9.17, 15) is 13.2 Å². The normalized spacial score (nSPS) is 13.7. The van der Waals surface area contributed by atoms with Crippen LogP contribution in [0.4, 0.5) is 5.69 Å². The number of hydrogen-bond acceptors (Lipinski definition) is 4. The lowest BCUT2D eigenvalue weighted by atomic mass is 10.1. The fraction of sp³-hybridized carbons (Fsp3) is 0.278. The Hall–Kier alpha value is -2.22. The molecule has 0 heterocycles. The van der Waals surface area contributed by atoms with Gasteiger partial charge in [-0.15, -0.1) is 0 Å². The van der Waals surface area contributed by atoms with E-state index in [0.29, 0.717) is 5.69 Å². The molecule has 0 aliphatic heterocycles. The van der Waals surface area contributed by atoms with Crippen molar-refractivity contribution in [1.29, 1.82) is 0 Å². The zero-order chi connectivity index (χ0) is 18.0. The summed E-state index contributed by atoms with van der Waals surface area (Å²) in [6, 6.07) is 11.8. The summed E-state index contributed by atoms with van der Waals surface area (Å²) < 4.78 is 25.3. The Morgan fingerprint density at radius 2 is 1.88 bits per heavy atom. The third kappa shape index (κ3) is 3.58. The van der Waals surface area contributed by atoms with Gasteiger partial charge in [0.25, 0.3) is 15.9 Å². The average Bonchev–Trinajstić information content (AvgIpc) is 3.08. The second-order valence-corrected chi connectivity index (χ2v) is 7.85. The lowest BCUT2D eigenvalue weighted by molar-refractivity contribution is -0.0258. The van der Waals surface area contributed by atoms with Crippen molar-refractivity contribution < 1.29 is 18.0 Å². The van der Waals surface area contributed by atoms with Gasteiger partial charge in [-0.3, -0.25) is 9.63 Å². The van der Waals surface area contributed by atoms with Crippen molar-refractivity contribution in [3.63, 3.8) is 0 Å². The van der Waals surface area contributed by atoms with Crippen molar-refractivity contribution >= 4 is 21.6 Å². The Morgan fingerprint density at radius 3 is 2.64 bits per heavy atom. The number of sulfonamides is 1. The number of aryl methyl sites for hydroxylation is 2. The minimum atomic E-state index is -3.79. The van der Waals surface area contributed by atoms with Gasteiger partial charge in [-0.25, -0.2) is 8.42 Å². The summed E-state index contributed by atoms with van der Waals surface area (Å²) in [5.74, 6) is -0.352. The third-order valence-electron chi connectivity index (χ3n) is 4.35. The fourth-order valence-corrected chi connectivity index (χ4v) is 3.92. The monoisotopic (exact) mass is 360 g/mol. The number of carbonyl (C=O) groups excluding carboxylic acids is 1. The molecule has 6 nitrogen and oxygen atoms in total. The zero-order valence-electron chi connectivity index (χ0n) is 14.2. The number of anilines is 1. The summed E-state index contributed by atoms with van der Waals surface area (Å²) in [7, 11) is -1.23. The molecular formula is C18H20N2O4S. The first-order valence-electron chi connectivity index (χ1n) is 7.98. The van der Waals surface area contributed by atoms with Gasteiger partial charge in [0, 0.05) is 18.3 Å². The highest BCUT2D eigenvalue weighted by Gasteiger charge is 2.22. The molecule has 1 aliphatic rings. The number of nitrogens with one attached hydrogen (secondary N) is 1. The van der Waals surface area contributed by atoms with E-state index in [2.05, 4.69) is 5.32 Å². The molecule has 2 aromatic carbocycles. The van der Waals surface area contributed by atoms with Crippen LogP contribution in [0.25, 0.3) is 0 Å². The molecular weight excluding hydrogens is 340 g/mol. The van der Waals surface area contributed by atoms with Gasteiger partial charge in [-0.2, -0.15) is 0 Å². The molecule has 1 N–H and O–H groups in total. The van der Waals surface area contributed by atoms with Crippen LogP contribution in [-0.2, 0) is 27.7 Å². The van der Waals surface area contributed by atoms with E-state index in [-0.39, 0.29) is 16.4 Å². The number of carbonyl (C=O) groups is 1. The standard InChI is InChI=1S/C18H20N2O4S/c1-20(24-2)25(22,23)17-8-4-7-15(12-17)18(21)19-16-10-9-13-5-3-6-14(13)11-16/h4,7-12H,3,5-6H2,1-2H3,(H,19,21). The van der Waals surface area contributed by atoms with E-state index < -0.39 is 10.0 Å². The highest BCUT2D eigenvalue weighted by atomic mass is 32.2. The molecule has 2 aromatic rings. The maximum atomic E-state index is 12.5. The van der Waals surface area contributed by atoms with Gasteiger partial charge in [0.05, 0.1) is 12.0 Å². The van der Waals surface area contributed by atoms with Gasteiger partial charge in [-0.05, 0) is 60.7 Å². The molecule has 0 aromatic heterocycles. The molecule has 132 valence electrons. The van der Waals surface area contributed by atoms with Crippen molar-refractivity contribution in [2.75, 3.05) is 19.5 Å². The fourth-order valence-electron chi connectivity index (χ4n) is 2.90. The Kier molecular flexibility index (Phi) is 4.89. The Morgan fingerprint density at radius 1 is 1.12 bits per heavy atom. The number of hydrogen-bond donors (Lipinski definition) is 1. The molecule has 1 aliphatic carbocycles. The minimum absolute atomic E-state index is 0.00143. The SMILES string of the molecule is CON(C)S(=O)(=O)c1cccc(C(=O)Nc2ccc3c(c2)CCC3)c1. The Bertz CT molecular complexity index is 909. The van der Waals surface area contributed by atoms with Crippen LogP contribution in [0, 0.1) is 0 Å². The third-order valence-corrected chi connectivity index (χ3v) is 6.02. The van der Waals surface area contributed by atoms with Crippen molar-refractivity contribution in [2.24, 2.45) is 0 Å². The van der Waals surface area contributed by atoms with Gasteiger partial charge < -0.3 is 5.32 Å². The molecule has 0 fully saturated rings. The largest absolute Gasteiger partial charge is 0.322 e. The van der Waals surface area contributed by atoms with Crippen molar-refractivity contribution in [1.82, 2.24) is 4.47 Å². The predicted octanol–water partition coefficient (Wildman–Crippen LogP) is 2.61. The molecule has 0 spiro atoms. The lowest BCUT2D eigenvalue weighted by Crippen LogP contribution is -2.26. The molecule has 7 heteroatoms. The lowest BCUT2D eigenvalue weighted by Gasteiger charge is -2.14. The van der Waals surface area contributed by atoms with E-state index >= 15 is 0 Å². The topological polar surface area (TPSA) is 75.7 Å². The van der Waals surface area contributed by atoms with Crippen LogP contribution in [0.3, 0.4) is 0 Å². The molecule has 0 atom stereocenters. The molecule has 0 saturated carbocycles. The van der Waals surface area contributed by atoms with E-state index in [1.165, 1.54) is 43.5 Å². The first-order chi connectivity index (χ1) is 11.9. The summed E-state index contributed by atoms with van der Waals surface area (Å²) in [4.78, 5) is 17.2. The van der Waals surface area contributed by atoms with Crippen LogP contribution >= 0.6 is 0 Å². The summed E-state index contributed by atoms with van der Waals surface area (Å²) in [5.41, 5.74) is 3.57. The Labute approximate surface area is 147 Å². The van der Waals surface area contributed by atoms with Gasteiger partial charge in [0.15, 0.2) is 0 Å². The molecule has 0 bridgehead atoms. The van der Waals surface area contributed by atoms with Crippen molar-refractivity contribution in [2.45, 2.75) is 24.2 Å². The number of benzene rings is 2. The first kappa shape index (κ1) is 17.6. The quantitative estimate of drug-likeness (QED) is 0.832. The van der Waals surface area contributed by atoms with Crippen LogP contribution in [-0.4, -0.2) is 33.0 Å². The summed E-state index contributed by atoms with van der Waals surface area (Å²) in [5, 5.41) is 2.83. The van der Waals surface area contributed by atoms with Crippen LogP contribution in [0.15, 0.2) is 47.4 Å². The number of amides is 1. The number of nitrogens with zero attached hydrogens (tertiary/aromatic N) is 1.